The molecular weight excluding hydrogens is 218 g/mol. The van der Waals surface area contributed by atoms with E-state index in [2.05, 4.69) is 6.07 Å². The smallest absolute Gasteiger partial charge is 0.0621 e. The van der Waals surface area contributed by atoms with E-state index in [1.54, 1.807) is 0 Å². The van der Waals surface area contributed by atoms with Crippen molar-refractivity contribution in [1.82, 2.24) is 0 Å². The Bertz CT molecular complexity index is 395. The molecule has 0 amide bonds. The summed E-state index contributed by atoms with van der Waals surface area (Å²) in [4.78, 5) is 0. The number of nitriles is 1. The maximum atomic E-state index is 11.8. The molecule has 1 aromatic rings. The molecule has 0 N–H and O–H groups in total. The largest absolute Gasteiger partial charge is 0.259 e. The van der Waals surface area contributed by atoms with Gasteiger partial charge < -0.3 is 0 Å². The predicted octanol–water partition coefficient (Wildman–Crippen LogP) is 2.94. The van der Waals surface area contributed by atoms with Crippen LogP contribution >= 0.6 is 0 Å². The number of unbranched alkanes of at least 4 members (excludes halogenated alkanes) is 2. The predicted molar refractivity (Wildman–Crippen MR) is 67.4 cm³/mol. The van der Waals surface area contributed by atoms with Crippen LogP contribution in [-0.4, -0.2) is 9.96 Å². The van der Waals surface area contributed by atoms with E-state index in [0.717, 1.165) is 12.8 Å². The fourth-order valence-electron chi connectivity index (χ4n) is 1.48. The van der Waals surface area contributed by atoms with Gasteiger partial charge in [0.1, 0.15) is 0 Å². The van der Waals surface area contributed by atoms with Gasteiger partial charge in [-0.3, -0.25) is 4.21 Å². The van der Waals surface area contributed by atoms with Gasteiger partial charge in [0, 0.05) is 28.7 Å². The minimum absolute atomic E-state index is 0.571. The summed E-state index contributed by atoms with van der Waals surface area (Å²) < 4.78 is 11.8. The lowest BCUT2D eigenvalue weighted by atomic mass is 10.1. The Hall–Kier alpha value is -1.14. The molecule has 86 valence electrons. The zero-order chi connectivity index (χ0) is 11.8. The molecule has 1 aromatic carbocycles. The quantitative estimate of drug-likeness (QED) is 0.711. The van der Waals surface area contributed by atoms with Crippen molar-refractivity contribution >= 4 is 10.8 Å². The molecule has 0 saturated carbocycles. The van der Waals surface area contributed by atoms with Crippen LogP contribution in [0, 0.1) is 18.3 Å². The van der Waals surface area contributed by atoms with Crippen LogP contribution in [0.5, 0.6) is 0 Å². The van der Waals surface area contributed by atoms with Crippen LogP contribution in [0.25, 0.3) is 0 Å². The lowest BCUT2D eigenvalue weighted by molar-refractivity contribution is 0.677. The van der Waals surface area contributed by atoms with E-state index in [1.807, 2.05) is 31.2 Å². The van der Waals surface area contributed by atoms with E-state index in [-0.39, 0.29) is 0 Å². The van der Waals surface area contributed by atoms with Crippen molar-refractivity contribution < 1.29 is 4.21 Å². The third-order valence-electron chi connectivity index (χ3n) is 2.49. The standard InChI is InChI=1S/C13H17NOS/c1-12-7-3-4-8-13(12)11-16(15)10-6-2-5-9-14/h3-4,7-8H,2,5-6,10-11H2,1H3. The van der Waals surface area contributed by atoms with Crippen LogP contribution in [0.3, 0.4) is 0 Å². The average molecular weight is 235 g/mol. The van der Waals surface area contributed by atoms with E-state index in [9.17, 15) is 4.21 Å². The minimum Gasteiger partial charge on any atom is -0.259 e. The maximum Gasteiger partial charge on any atom is 0.0621 e. The van der Waals surface area contributed by atoms with E-state index < -0.39 is 10.8 Å². The first-order valence-corrected chi connectivity index (χ1v) is 6.99. The number of aryl methyl sites for hydroxylation is 1. The highest BCUT2D eigenvalue weighted by Crippen LogP contribution is 2.10. The van der Waals surface area contributed by atoms with Gasteiger partial charge >= 0.3 is 0 Å². The van der Waals surface area contributed by atoms with E-state index in [4.69, 9.17) is 5.26 Å². The summed E-state index contributed by atoms with van der Waals surface area (Å²) in [5, 5.41) is 8.38. The molecule has 0 aliphatic heterocycles. The van der Waals surface area contributed by atoms with Crippen LogP contribution < -0.4 is 0 Å². The van der Waals surface area contributed by atoms with Crippen LogP contribution in [0.1, 0.15) is 30.4 Å². The Kier molecular flexibility index (Phi) is 5.81. The summed E-state index contributed by atoms with van der Waals surface area (Å²) in [6.45, 7) is 2.04. The normalized spacial score (nSPS) is 12.0. The monoisotopic (exact) mass is 235 g/mol. The summed E-state index contributed by atoms with van der Waals surface area (Å²) in [7, 11) is -0.794. The van der Waals surface area contributed by atoms with Gasteiger partial charge in [0.2, 0.25) is 0 Å². The highest BCUT2D eigenvalue weighted by molar-refractivity contribution is 7.84. The molecule has 2 nitrogen and oxygen atoms in total. The molecule has 0 fully saturated rings. The van der Waals surface area contributed by atoms with Crippen molar-refractivity contribution in [3.8, 4) is 6.07 Å². The zero-order valence-electron chi connectivity index (χ0n) is 9.61. The van der Waals surface area contributed by atoms with Crippen molar-refractivity contribution in [2.75, 3.05) is 5.75 Å². The van der Waals surface area contributed by atoms with Gasteiger partial charge in [-0.2, -0.15) is 5.26 Å². The van der Waals surface area contributed by atoms with Crippen LogP contribution in [0.2, 0.25) is 0 Å². The summed E-state index contributed by atoms with van der Waals surface area (Å²) >= 11 is 0. The second kappa shape index (κ2) is 7.19. The van der Waals surface area contributed by atoms with Crippen LogP contribution in [0.4, 0.5) is 0 Å². The Morgan fingerprint density at radius 3 is 2.75 bits per heavy atom. The molecule has 0 bridgehead atoms. The van der Waals surface area contributed by atoms with E-state index in [0.29, 0.717) is 17.9 Å². The Morgan fingerprint density at radius 2 is 2.06 bits per heavy atom. The van der Waals surface area contributed by atoms with Crippen molar-refractivity contribution in [2.24, 2.45) is 0 Å². The molecule has 0 saturated heterocycles. The van der Waals surface area contributed by atoms with Gasteiger partial charge in [-0.05, 0) is 30.9 Å². The SMILES string of the molecule is Cc1ccccc1CS(=O)CCCCC#N. The van der Waals surface area contributed by atoms with E-state index >= 15 is 0 Å². The number of rotatable bonds is 6. The van der Waals surface area contributed by atoms with Gasteiger partial charge in [-0.15, -0.1) is 0 Å². The van der Waals surface area contributed by atoms with Crippen molar-refractivity contribution in [3.63, 3.8) is 0 Å². The first-order valence-electron chi connectivity index (χ1n) is 5.50. The second-order valence-corrected chi connectivity index (χ2v) is 5.41. The fourth-order valence-corrected chi connectivity index (χ4v) is 2.83. The lowest BCUT2D eigenvalue weighted by Crippen LogP contribution is -2.02. The van der Waals surface area contributed by atoms with Crippen molar-refractivity contribution in [3.05, 3.63) is 35.4 Å². The summed E-state index contributed by atoms with van der Waals surface area (Å²) in [6.07, 6.45) is 2.31. The molecule has 1 atom stereocenters. The summed E-state index contributed by atoms with van der Waals surface area (Å²) in [5.41, 5.74) is 2.37. The molecule has 0 aliphatic carbocycles. The molecule has 0 aromatic heterocycles. The number of benzene rings is 1. The van der Waals surface area contributed by atoms with Crippen LogP contribution in [-0.2, 0) is 16.6 Å². The molecular formula is C13H17NOS. The fraction of sp³-hybridized carbons (Fsp3) is 0.462. The van der Waals surface area contributed by atoms with Crippen molar-refractivity contribution in [2.45, 2.75) is 31.9 Å². The molecule has 1 rings (SSSR count). The molecule has 1 unspecified atom stereocenters. The highest BCUT2D eigenvalue weighted by atomic mass is 32.2. The third kappa shape index (κ3) is 4.59. The van der Waals surface area contributed by atoms with Gasteiger partial charge in [0.15, 0.2) is 0 Å². The molecule has 0 spiro atoms. The maximum absolute atomic E-state index is 11.8. The molecule has 0 aliphatic rings. The molecule has 0 heterocycles. The summed E-state index contributed by atoms with van der Waals surface area (Å²) in [5.74, 6) is 1.34. The topological polar surface area (TPSA) is 40.9 Å². The van der Waals surface area contributed by atoms with Gasteiger partial charge in [0.25, 0.3) is 0 Å². The summed E-state index contributed by atoms with van der Waals surface area (Å²) in [6, 6.07) is 10.2. The first-order chi connectivity index (χ1) is 7.74. The van der Waals surface area contributed by atoms with Gasteiger partial charge in [-0.25, -0.2) is 0 Å². The first kappa shape index (κ1) is 12.9. The number of hydrogen-bond acceptors (Lipinski definition) is 2. The van der Waals surface area contributed by atoms with Gasteiger partial charge in [-0.1, -0.05) is 24.3 Å². The molecule has 16 heavy (non-hydrogen) atoms. The average Bonchev–Trinajstić information content (AvgIpc) is 2.28. The van der Waals surface area contributed by atoms with Crippen LogP contribution in [0.15, 0.2) is 24.3 Å². The number of nitrogens with zero attached hydrogens (tertiary/aromatic N) is 1. The lowest BCUT2D eigenvalue weighted by Gasteiger charge is -2.05. The van der Waals surface area contributed by atoms with Crippen molar-refractivity contribution in [1.29, 1.82) is 5.26 Å². The second-order valence-electron chi connectivity index (χ2n) is 3.83. The Labute approximate surface area is 99.8 Å². The Balaban J connectivity index is 2.35. The Morgan fingerprint density at radius 1 is 1.31 bits per heavy atom. The zero-order valence-corrected chi connectivity index (χ0v) is 10.4. The minimum atomic E-state index is -0.794. The van der Waals surface area contributed by atoms with E-state index in [1.165, 1.54) is 11.1 Å². The highest BCUT2D eigenvalue weighted by Gasteiger charge is 2.03. The molecule has 0 radical (unpaired) electrons. The van der Waals surface area contributed by atoms with Gasteiger partial charge in [0.05, 0.1) is 6.07 Å². The molecule has 3 heteroatoms. The number of hydrogen-bond donors (Lipinski definition) is 0. The third-order valence-corrected chi connectivity index (χ3v) is 3.87.